The Balaban J connectivity index is 2.14. The van der Waals surface area contributed by atoms with E-state index in [1.54, 1.807) is 6.07 Å². The van der Waals surface area contributed by atoms with Crippen molar-refractivity contribution in [1.82, 2.24) is 4.57 Å². The van der Waals surface area contributed by atoms with Gasteiger partial charge in [-0.05, 0) is 30.4 Å². The van der Waals surface area contributed by atoms with Gasteiger partial charge in [0, 0.05) is 16.7 Å². The lowest BCUT2D eigenvalue weighted by molar-refractivity contribution is 0.0766. The monoisotopic (exact) mass is 277 g/mol. The predicted octanol–water partition coefficient (Wildman–Crippen LogP) is 3.60. The number of rotatable bonds is 1. The minimum Gasteiger partial charge on any atom is -0.274 e. The van der Waals surface area contributed by atoms with Crippen LogP contribution in [0.1, 0.15) is 24.1 Å². The van der Waals surface area contributed by atoms with Crippen LogP contribution in [0.5, 0.6) is 0 Å². The number of aromatic nitrogens is 1. The Bertz CT molecular complexity index is 919. The SMILES string of the molecule is O=C(C1CCC1)n1c(=O)c2ccccc2c2ccccc21. The molecule has 0 N–H and O–H groups in total. The number of hydrogen-bond donors (Lipinski definition) is 0. The zero-order valence-corrected chi connectivity index (χ0v) is 11.6. The standard InChI is InChI=1S/C18H15NO2/c20-17(12-6-5-7-12)19-16-11-4-3-9-14(16)13-8-1-2-10-15(13)18(19)21/h1-4,8-12H,5-7H2. The summed E-state index contributed by atoms with van der Waals surface area (Å²) < 4.78 is 1.39. The first-order valence-corrected chi connectivity index (χ1v) is 7.34. The molecule has 1 saturated carbocycles. The number of carbonyl (C=O) groups excluding carboxylic acids is 1. The van der Waals surface area contributed by atoms with Crippen LogP contribution < -0.4 is 5.56 Å². The molecule has 0 radical (unpaired) electrons. The second-order valence-corrected chi connectivity index (χ2v) is 5.67. The number of nitrogens with zero attached hydrogens (tertiary/aromatic N) is 1. The fourth-order valence-electron chi connectivity index (χ4n) is 3.09. The zero-order chi connectivity index (χ0) is 14.4. The van der Waals surface area contributed by atoms with Gasteiger partial charge in [-0.1, -0.05) is 42.8 Å². The van der Waals surface area contributed by atoms with Gasteiger partial charge < -0.3 is 0 Å². The summed E-state index contributed by atoms with van der Waals surface area (Å²) in [6, 6.07) is 15.2. The summed E-state index contributed by atoms with van der Waals surface area (Å²) in [5.74, 6) is -0.0412. The molecular formula is C18H15NO2. The van der Waals surface area contributed by atoms with E-state index in [-0.39, 0.29) is 17.4 Å². The first-order chi connectivity index (χ1) is 10.3. The Kier molecular flexibility index (Phi) is 2.67. The minimum atomic E-state index is -0.193. The smallest absolute Gasteiger partial charge is 0.265 e. The van der Waals surface area contributed by atoms with Gasteiger partial charge in [0.25, 0.3) is 5.56 Å². The predicted molar refractivity (Wildman–Crippen MR) is 83.7 cm³/mol. The highest BCUT2D eigenvalue weighted by molar-refractivity contribution is 6.08. The largest absolute Gasteiger partial charge is 0.274 e. The van der Waals surface area contributed by atoms with Crippen LogP contribution in [0, 0.1) is 5.92 Å². The first kappa shape index (κ1) is 12.3. The molecule has 3 heteroatoms. The second-order valence-electron chi connectivity index (χ2n) is 5.67. The van der Waals surface area contributed by atoms with Crippen molar-refractivity contribution in [3.63, 3.8) is 0 Å². The molecule has 0 amide bonds. The van der Waals surface area contributed by atoms with Crippen molar-refractivity contribution in [2.24, 2.45) is 5.92 Å². The van der Waals surface area contributed by atoms with Crippen molar-refractivity contribution in [3.8, 4) is 0 Å². The molecule has 0 atom stereocenters. The van der Waals surface area contributed by atoms with E-state index in [9.17, 15) is 9.59 Å². The lowest BCUT2D eigenvalue weighted by Gasteiger charge is -2.25. The number of benzene rings is 2. The van der Waals surface area contributed by atoms with E-state index in [0.717, 1.165) is 35.6 Å². The molecule has 1 aliphatic rings. The van der Waals surface area contributed by atoms with Crippen molar-refractivity contribution in [2.75, 3.05) is 0 Å². The number of para-hydroxylation sites is 1. The maximum absolute atomic E-state index is 12.8. The van der Waals surface area contributed by atoms with Crippen molar-refractivity contribution < 1.29 is 4.79 Å². The van der Waals surface area contributed by atoms with Gasteiger partial charge in [-0.15, -0.1) is 0 Å². The average Bonchev–Trinajstić information content (AvgIpc) is 2.46. The van der Waals surface area contributed by atoms with Crippen molar-refractivity contribution >= 4 is 27.6 Å². The molecule has 0 unspecified atom stereocenters. The van der Waals surface area contributed by atoms with E-state index in [1.165, 1.54) is 4.57 Å². The molecule has 0 saturated heterocycles. The number of fused-ring (bicyclic) bond motifs is 3. The Morgan fingerprint density at radius 2 is 1.52 bits per heavy atom. The van der Waals surface area contributed by atoms with E-state index < -0.39 is 0 Å². The third-order valence-electron chi connectivity index (χ3n) is 4.47. The molecule has 1 aliphatic carbocycles. The Hall–Kier alpha value is -2.42. The van der Waals surface area contributed by atoms with Crippen LogP contribution in [0.3, 0.4) is 0 Å². The molecule has 0 spiro atoms. The second kappa shape index (κ2) is 4.55. The molecule has 0 bridgehead atoms. The van der Waals surface area contributed by atoms with Crippen molar-refractivity contribution in [2.45, 2.75) is 19.3 Å². The third-order valence-corrected chi connectivity index (χ3v) is 4.47. The summed E-state index contributed by atoms with van der Waals surface area (Å²) in [6.07, 6.45) is 2.87. The summed E-state index contributed by atoms with van der Waals surface area (Å²) in [4.78, 5) is 25.4. The van der Waals surface area contributed by atoms with Gasteiger partial charge in [0.15, 0.2) is 0 Å². The molecule has 3 aromatic rings. The maximum Gasteiger partial charge on any atom is 0.265 e. The summed E-state index contributed by atoms with van der Waals surface area (Å²) in [6.45, 7) is 0. The fourth-order valence-corrected chi connectivity index (χ4v) is 3.09. The van der Waals surface area contributed by atoms with E-state index in [0.29, 0.717) is 5.39 Å². The number of hydrogen-bond acceptors (Lipinski definition) is 2. The summed E-state index contributed by atoms with van der Waals surface area (Å²) in [5, 5.41) is 2.49. The normalized spacial score (nSPS) is 15.2. The topological polar surface area (TPSA) is 39.1 Å². The van der Waals surface area contributed by atoms with Crippen LogP contribution in [0.25, 0.3) is 21.7 Å². The Labute approximate surface area is 121 Å². The van der Waals surface area contributed by atoms with Crippen molar-refractivity contribution in [3.05, 3.63) is 58.9 Å². The summed E-state index contributed by atoms with van der Waals surface area (Å²) >= 11 is 0. The van der Waals surface area contributed by atoms with Crippen LogP contribution in [-0.2, 0) is 0 Å². The molecule has 4 rings (SSSR count). The lowest BCUT2D eigenvalue weighted by Crippen LogP contribution is -2.35. The summed E-state index contributed by atoms with van der Waals surface area (Å²) in [7, 11) is 0. The first-order valence-electron chi connectivity index (χ1n) is 7.34. The van der Waals surface area contributed by atoms with Gasteiger partial charge in [-0.2, -0.15) is 0 Å². The van der Waals surface area contributed by atoms with E-state index >= 15 is 0 Å². The highest BCUT2D eigenvalue weighted by Crippen LogP contribution is 2.29. The lowest BCUT2D eigenvalue weighted by atomic mass is 9.84. The van der Waals surface area contributed by atoms with Gasteiger partial charge in [0.2, 0.25) is 5.91 Å². The van der Waals surface area contributed by atoms with Crippen LogP contribution in [0.2, 0.25) is 0 Å². The summed E-state index contributed by atoms with van der Waals surface area (Å²) in [5.41, 5.74) is 0.527. The minimum absolute atomic E-state index is 0.00673. The molecule has 21 heavy (non-hydrogen) atoms. The Morgan fingerprint density at radius 1 is 0.905 bits per heavy atom. The van der Waals surface area contributed by atoms with Gasteiger partial charge in [0.1, 0.15) is 0 Å². The Morgan fingerprint density at radius 3 is 2.19 bits per heavy atom. The van der Waals surface area contributed by atoms with Crippen molar-refractivity contribution in [1.29, 1.82) is 0 Å². The molecule has 1 aromatic heterocycles. The van der Waals surface area contributed by atoms with E-state index in [1.807, 2.05) is 42.5 Å². The highest BCUT2D eigenvalue weighted by Gasteiger charge is 2.28. The molecule has 0 aliphatic heterocycles. The fraction of sp³-hybridized carbons (Fsp3) is 0.222. The van der Waals surface area contributed by atoms with Gasteiger partial charge in [-0.25, -0.2) is 4.57 Å². The van der Waals surface area contributed by atoms with Gasteiger partial charge in [-0.3, -0.25) is 9.59 Å². The van der Waals surface area contributed by atoms with Crippen LogP contribution >= 0.6 is 0 Å². The van der Waals surface area contributed by atoms with Crippen LogP contribution in [0.15, 0.2) is 53.3 Å². The molecule has 3 nitrogen and oxygen atoms in total. The maximum atomic E-state index is 12.8. The third kappa shape index (κ3) is 1.74. The average molecular weight is 277 g/mol. The quantitative estimate of drug-likeness (QED) is 0.637. The van der Waals surface area contributed by atoms with E-state index in [4.69, 9.17) is 0 Å². The number of pyridine rings is 1. The van der Waals surface area contributed by atoms with Gasteiger partial charge >= 0.3 is 0 Å². The molecule has 1 heterocycles. The molecule has 2 aromatic carbocycles. The number of carbonyl (C=O) groups is 1. The zero-order valence-electron chi connectivity index (χ0n) is 11.6. The van der Waals surface area contributed by atoms with E-state index in [2.05, 4.69) is 0 Å². The highest BCUT2D eigenvalue weighted by atomic mass is 16.2. The van der Waals surface area contributed by atoms with Gasteiger partial charge in [0.05, 0.1) is 5.52 Å². The van der Waals surface area contributed by atoms with Crippen LogP contribution in [-0.4, -0.2) is 10.5 Å². The molecule has 1 fully saturated rings. The molecule has 104 valence electrons. The van der Waals surface area contributed by atoms with Crippen LogP contribution in [0.4, 0.5) is 0 Å². The molecular weight excluding hydrogens is 262 g/mol.